The summed E-state index contributed by atoms with van der Waals surface area (Å²) in [6.45, 7) is 4.90. The number of alkyl halides is 1. The first-order valence-electron chi connectivity index (χ1n) is 17.6. The second kappa shape index (κ2) is 34.1. The molecule has 2 heterocycles. The zero-order valence-corrected chi connectivity index (χ0v) is 50.3. The number of ether oxygens (including phenoxy) is 2. The molecule has 0 fully saturated rings. The molecule has 0 spiro atoms. The third-order valence-corrected chi connectivity index (χ3v) is 13.8. The van der Waals surface area contributed by atoms with Gasteiger partial charge in [0, 0.05) is 37.8 Å². The van der Waals surface area contributed by atoms with Gasteiger partial charge in [0.05, 0.1) is 27.7 Å². The summed E-state index contributed by atoms with van der Waals surface area (Å²) in [7, 11) is -4.50. The van der Waals surface area contributed by atoms with Crippen molar-refractivity contribution in [2.75, 3.05) is 7.15 Å². The number of phenols is 1. The SMILES string of the molecule is Brc1ccc2c(c1)Oc1cc(Br)ccc1S2.C.C.C.CC(C)(C)[O-].O=S1(=O)c2ccc(Br)cc2Oc2cc(Br)ccc21.O=[N+]([O-])c1cc(Br)ccc1Br.OO.Oc1ccc(Br)cc1S.[2H]CF.[K+]. The maximum Gasteiger partial charge on any atom is 1.00 e. The molecule has 23 heteroatoms. The van der Waals surface area contributed by atoms with Crippen molar-refractivity contribution in [2.45, 2.75) is 73.1 Å². The standard InChI is InChI=1S/C12H6Br2O3S.C12H6Br2OS.C6H3Br2NO2.C6H5BrOS.C4H9O.CH3F.3CH4.K.H2O2/c13-7-1-3-11-9(5-7)17-10-6-8(14)2-4-12(10)18(11,15)16;13-7-1-3-11-9(5-7)15-10-6-8(14)2-4-12(10)16-11;7-4-1-2-5(8)6(3-4)9(10)11;7-4-1-2-5(8)6(9)3-4;1-4(2,3)5;1-2;;;;;1-2/h1-6H;1-6H;1-3H;1-3,8-9H;1-3H3;1H3;3*1H4;;1-2H/q;;;;-1;;;;;+1;/i;;;;;1D;;;;;. The molecule has 0 unspecified atom stereocenters. The zero-order valence-electron chi connectivity index (χ0n) is 34.5. The molecule has 2 aliphatic heterocycles. The maximum atomic E-state index is 12.4. The molecule has 2 aliphatic rings. The van der Waals surface area contributed by atoms with Crippen molar-refractivity contribution in [3.05, 3.63) is 151 Å². The van der Waals surface area contributed by atoms with Gasteiger partial charge in [0.2, 0.25) is 9.84 Å². The Morgan fingerprint density at radius 2 is 0.970 bits per heavy atom. The molecule has 0 radical (unpaired) electrons. The molecule has 8 rings (SSSR count). The Bertz CT molecular complexity index is 2540. The zero-order chi connectivity index (χ0) is 48.5. The fourth-order valence-corrected chi connectivity index (χ4v) is 9.68. The monoisotopic (exact) mass is 1460 g/mol. The molecule has 67 heavy (non-hydrogen) atoms. The minimum absolute atomic E-state index is 0. The number of halogens is 8. The van der Waals surface area contributed by atoms with E-state index in [9.17, 15) is 28.0 Å². The van der Waals surface area contributed by atoms with Gasteiger partial charge >= 0.3 is 51.4 Å². The van der Waals surface area contributed by atoms with E-state index in [1.165, 1.54) is 6.07 Å². The van der Waals surface area contributed by atoms with Crippen LogP contribution in [0.4, 0.5) is 10.1 Å². The van der Waals surface area contributed by atoms with E-state index in [0.29, 0.717) is 25.3 Å². The number of rotatable bonds is 1. The second-order valence-corrected chi connectivity index (χ2v) is 22.6. The van der Waals surface area contributed by atoms with Gasteiger partial charge in [0.1, 0.15) is 38.5 Å². The third-order valence-electron chi connectivity index (χ3n) is 6.90. The number of fused-ring (bicyclic) bond motifs is 4. The van der Waals surface area contributed by atoms with Crippen LogP contribution in [0, 0.1) is 10.1 Å². The van der Waals surface area contributed by atoms with Gasteiger partial charge < -0.3 is 19.7 Å². The second-order valence-electron chi connectivity index (χ2n) is 12.8. The first-order valence-corrected chi connectivity index (χ1v) is 25.2. The van der Waals surface area contributed by atoms with E-state index >= 15 is 0 Å². The Balaban J connectivity index is -0.000000781. The molecular formula is C44H46Br7FKNO10S3. The van der Waals surface area contributed by atoms with Gasteiger partial charge in [-0.3, -0.25) is 25.0 Å². The summed E-state index contributed by atoms with van der Waals surface area (Å²) in [5.41, 5.74) is -0.681. The minimum atomic E-state index is -3.50. The van der Waals surface area contributed by atoms with Crippen LogP contribution in [0.1, 0.15) is 44.4 Å². The van der Waals surface area contributed by atoms with Gasteiger partial charge in [-0.05, 0) is 119 Å². The molecule has 6 aromatic carbocycles. The van der Waals surface area contributed by atoms with Crippen LogP contribution in [0.3, 0.4) is 0 Å². The summed E-state index contributed by atoms with van der Waals surface area (Å²) in [5.74, 6) is 2.71. The Morgan fingerprint density at radius 1 is 0.657 bits per heavy atom. The molecular weight excluding hydrogens is 1420 g/mol. The van der Waals surface area contributed by atoms with Crippen LogP contribution in [0.15, 0.2) is 165 Å². The van der Waals surface area contributed by atoms with Gasteiger partial charge in [-0.25, -0.2) is 8.42 Å². The van der Waals surface area contributed by atoms with Crippen LogP contribution in [0.25, 0.3) is 0 Å². The van der Waals surface area contributed by atoms with Crippen molar-refractivity contribution in [3.63, 3.8) is 0 Å². The van der Waals surface area contributed by atoms with Crippen molar-refractivity contribution < 1.29 is 101 Å². The van der Waals surface area contributed by atoms with E-state index in [1.807, 2.05) is 24.3 Å². The topological polar surface area (TPSA) is 179 Å². The summed E-state index contributed by atoms with van der Waals surface area (Å²) < 4.78 is 57.5. The first kappa shape index (κ1) is 68.7. The molecule has 0 saturated heterocycles. The van der Waals surface area contributed by atoms with Crippen LogP contribution in [-0.4, -0.2) is 41.7 Å². The van der Waals surface area contributed by atoms with Gasteiger partial charge in [0.15, 0.2) is 0 Å². The normalized spacial score (nSPS) is 11.3. The average Bonchev–Trinajstić information content (AvgIpc) is 3.20. The molecule has 362 valence electrons. The first-order chi connectivity index (χ1) is 29.9. The molecule has 0 aliphatic carbocycles. The van der Waals surface area contributed by atoms with Crippen LogP contribution >= 0.6 is 136 Å². The number of nitrogens with zero attached hydrogens (tertiary/aromatic N) is 1. The molecule has 6 aromatic rings. The number of benzene rings is 6. The Kier molecular flexibility index (Phi) is 34.9. The summed E-state index contributed by atoms with van der Waals surface area (Å²) >= 11 is 28.7. The molecule has 0 saturated carbocycles. The van der Waals surface area contributed by atoms with Crippen LogP contribution < -0.4 is 66.0 Å². The van der Waals surface area contributed by atoms with Gasteiger partial charge in [-0.1, -0.05) is 150 Å². The van der Waals surface area contributed by atoms with Crippen LogP contribution in [0.5, 0.6) is 28.7 Å². The van der Waals surface area contributed by atoms with Crippen molar-refractivity contribution in [2.24, 2.45) is 0 Å². The fourth-order valence-electron chi connectivity index (χ4n) is 4.46. The third kappa shape index (κ3) is 23.8. The largest absolute Gasteiger partial charge is 1.00 e. The predicted molar refractivity (Wildman–Crippen MR) is 290 cm³/mol. The number of nitro benzene ring substituents is 1. The van der Waals surface area contributed by atoms with E-state index in [-0.39, 0.29) is 94.9 Å². The Morgan fingerprint density at radius 3 is 1.33 bits per heavy atom. The summed E-state index contributed by atoms with van der Waals surface area (Å²) in [6, 6.07) is 31.8. The maximum absolute atomic E-state index is 12.4. The van der Waals surface area contributed by atoms with E-state index in [0.717, 1.165) is 43.7 Å². The number of phenolic OH excluding ortho intramolecular Hbond substituents is 1. The summed E-state index contributed by atoms with van der Waals surface area (Å²) in [5, 5.41) is 41.4. The van der Waals surface area contributed by atoms with Crippen molar-refractivity contribution in [1.29, 1.82) is 0 Å². The molecule has 0 amide bonds. The van der Waals surface area contributed by atoms with Gasteiger partial charge in [-0.2, -0.15) is 0 Å². The molecule has 0 aromatic heterocycles. The average molecular weight is 1460 g/mol. The van der Waals surface area contributed by atoms with Crippen molar-refractivity contribution in [1.82, 2.24) is 0 Å². The molecule has 11 nitrogen and oxygen atoms in total. The number of hydrogen-bond donors (Lipinski definition) is 4. The summed E-state index contributed by atoms with van der Waals surface area (Å²) in [6.07, 6.45) is 0. The van der Waals surface area contributed by atoms with E-state index < -0.39 is 27.5 Å². The molecule has 0 bridgehead atoms. The number of sulfone groups is 1. The quantitative estimate of drug-likeness (QED) is 0.0404. The van der Waals surface area contributed by atoms with Gasteiger partial charge in [-0.15, -0.1) is 18.2 Å². The number of thiol groups is 1. The van der Waals surface area contributed by atoms with Gasteiger partial charge in [0.25, 0.3) is 5.69 Å². The number of hydrogen-bond acceptors (Lipinski definition) is 12. The fraction of sp³-hybridized carbons (Fsp3) is 0.182. The smallest absolute Gasteiger partial charge is 0.850 e. The number of nitro groups is 1. The summed E-state index contributed by atoms with van der Waals surface area (Å²) in [4.78, 5) is 13.2. The van der Waals surface area contributed by atoms with Crippen molar-refractivity contribution in [3.8, 4) is 28.7 Å². The van der Waals surface area contributed by atoms with Crippen molar-refractivity contribution >= 4 is 151 Å². The predicted octanol–water partition coefficient (Wildman–Crippen LogP) is 14.8. The van der Waals surface area contributed by atoms with Crippen LogP contribution in [-0.2, 0) is 9.84 Å². The van der Waals surface area contributed by atoms with E-state index in [1.54, 1.807) is 99.3 Å². The molecule has 0 atom stereocenters. The Labute approximate surface area is 504 Å². The molecule has 3 N–H and O–H groups in total. The van der Waals surface area contributed by atoms with Crippen LogP contribution in [0.2, 0.25) is 0 Å². The van der Waals surface area contributed by atoms with E-state index in [2.05, 4.69) is 136 Å². The number of aromatic hydroxyl groups is 1. The minimum Gasteiger partial charge on any atom is -0.850 e. The van der Waals surface area contributed by atoms with E-state index in [4.69, 9.17) is 26.5 Å². The Hall–Kier alpha value is -0.424.